The summed E-state index contributed by atoms with van der Waals surface area (Å²) in [5.41, 5.74) is -0.508. The SMILES string of the molecule is Nn1c(=O)[nH]c2ccsc2c1=O. The number of aromatic amines is 1. The van der Waals surface area contributed by atoms with Crippen molar-refractivity contribution in [3.05, 3.63) is 32.3 Å². The van der Waals surface area contributed by atoms with E-state index in [1.807, 2.05) is 0 Å². The van der Waals surface area contributed by atoms with E-state index in [-0.39, 0.29) is 0 Å². The third-order valence-electron chi connectivity index (χ3n) is 1.54. The van der Waals surface area contributed by atoms with Gasteiger partial charge in [0.2, 0.25) is 0 Å². The largest absolute Gasteiger partial charge is 0.347 e. The highest BCUT2D eigenvalue weighted by atomic mass is 32.1. The van der Waals surface area contributed by atoms with Crippen LogP contribution in [0, 0.1) is 0 Å². The molecule has 2 heterocycles. The third kappa shape index (κ3) is 0.782. The number of H-pyrrole nitrogens is 1. The van der Waals surface area contributed by atoms with E-state index in [0.717, 1.165) is 0 Å². The van der Waals surface area contributed by atoms with Gasteiger partial charge in [0.25, 0.3) is 5.56 Å². The average Bonchev–Trinajstić information content (AvgIpc) is 2.48. The molecule has 2 aromatic heterocycles. The van der Waals surface area contributed by atoms with E-state index in [0.29, 0.717) is 14.9 Å². The van der Waals surface area contributed by atoms with Gasteiger partial charge in [0.15, 0.2) is 0 Å². The fourth-order valence-electron chi connectivity index (χ4n) is 0.950. The second kappa shape index (κ2) is 2.21. The molecule has 0 saturated carbocycles. The fraction of sp³-hybridized carbons (Fsp3) is 0. The lowest BCUT2D eigenvalue weighted by atomic mass is 10.5. The van der Waals surface area contributed by atoms with Crippen LogP contribution in [0.2, 0.25) is 0 Å². The number of fused-ring (bicyclic) bond motifs is 1. The summed E-state index contributed by atoms with van der Waals surface area (Å²) in [6.45, 7) is 0. The molecule has 0 radical (unpaired) electrons. The van der Waals surface area contributed by atoms with Crippen LogP contribution in [0.15, 0.2) is 21.0 Å². The molecule has 0 spiro atoms. The molecule has 0 bridgehead atoms. The van der Waals surface area contributed by atoms with Gasteiger partial charge in [-0.1, -0.05) is 0 Å². The Labute approximate surface area is 70.0 Å². The Morgan fingerprint density at radius 3 is 3.00 bits per heavy atom. The van der Waals surface area contributed by atoms with E-state index in [1.54, 1.807) is 11.4 Å². The quantitative estimate of drug-likeness (QED) is 0.538. The van der Waals surface area contributed by atoms with E-state index >= 15 is 0 Å². The number of aromatic nitrogens is 2. The van der Waals surface area contributed by atoms with Crippen molar-refractivity contribution in [1.82, 2.24) is 9.66 Å². The Bertz CT molecular complexity index is 535. The molecule has 62 valence electrons. The third-order valence-corrected chi connectivity index (χ3v) is 2.44. The normalized spacial score (nSPS) is 10.7. The summed E-state index contributed by atoms with van der Waals surface area (Å²) >= 11 is 1.25. The van der Waals surface area contributed by atoms with Gasteiger partial charge in [0.05, 0.1) is 5.52 Å². The first kappa shape index (κ1) is 7.11. The molecule has 0 aliphatic carbocycles. The zero-order valence-corrected chi connectivity index (χ0v) is 6.72. The van der Waals surface area contributed by atoms with Crippen LogP contribution in [0.5, 0.6) is 0 Å². The molecule has 5 nitrogen and oxygen atoms in total. The van der Waals surface area contributed by atoms with Crippen molar-refractivity contribution in [2.24, 2.45) is 0 Å². The maximum atomic E-state index is 11.2. The van der Waals surface area contributed by atoms with Gasteiger partial charge >= 0.3 is 5.69 Å². The molecule has 3 N–H and O–H groups in total. The highest BCUT2D eigenvalue weighted by Gasteiger charge is 2.04. The number of rotatable bonds is 0. The minimum Gasteiger partial charge on any atom is -0.332 e. The predicted molar refractivity (Wildman–Crippen MR) is 46.9 cm³/mol. The second-order valence-electron chi connectivity index (χ2n) is 2.27. The molecule has 6 heteroatoms. The zero-order valence-electron chi connectivity index (χ0n) is 5.90. The molecule has 2 rings (SSSR count). The lowest BCUT2D eigenvalue weighted by molar-refractivity contribution is 0.859. The summed E-state index contributed by atoms with van der Waals surface area (Å²) in [6, 6.07) is 1.67. The average molecular weight is 183 g/mol. The zero-order chi connectivity index (χ0) is 8.72. The van der Waals surface area contributed by atoms with Crippen molar-refractivity contribution >= 4 is 21.6 Å². The van der Waals surface area contributed by atoms with Gasteiger partial charge in [0, 0.05) is 0 Å². The molecule has 0 atom stereocenters. The number of hydrogen-bond acceptors (Lipinski definition) is 4. The molecule has 0 fully saturated rings. The summed E-state index contributed by atoms with van der Waals surface area (Å²) in [5.74, 6) is 5.17. The van der Waals surface area contributed by atoms with E-state index in [2.05, 4.69) is 4.98 Å². The first-order valence-corrected chi connectivity index (χ1v) is 4.06. The number of nitrogens with two attached hydrogens (primary N) is 1. The topological polar surface area (TPSA) is 80.9 Å². The van der Waals surface area contributed by atoms with Crippen LogP contribution in [-0.2, 0) is 0 Å². The summed E-state index contributed by atoms with van der Waals surface area (Å²) in [5, 5.41) is 1.72. The van der Waals surface area contributed by atoms with Crippen LogP contribution in [0.1, 0.15) is 0 Å². The van der Waals surface area contributed by atoms with Crippen LogP contribution >= 0.6 is 11.3 Å². The molecular weight excluding hydrogens is 178 g/mol. The molecule has 0 amide bonds. The first-order valence-electron chi connectivity index (χ1n) is 3.18. The molecule has 0 aliphatic rings. The Kier molecular flexibility index (Phi) is 1.31. The predicted octanol–water partition coefficient (Wildman–Crippen LogP) is -0.535. The van der Waals surface area contributed by atoms with Crippen molar-refractivity contribution in [2.75, 3.05) is 5.84 Å². The van der Waals surface area contributed by atoms with Gasteiger partial charge in [0.1, 0.15) is 4.70 Å². The number of nitrogens with zero attached hydrogens (tertiary/aromatic N) is 1. The molecule has 2 aromatic rings. The number of thiophene rings is 1. The van der Waals surface area contributed by atoms with Crippen LogP contribution in [0.3, 0.4) is 0 Å². The Hall–Kier alpha value is -1.56. The van der Waals surface area contributed by atoms with Crippen molar-refractivity contribution in [1.29, 1.82) is 0 Å². The maximum Gasteiger partial charge on any atom is 0.347 e. The van der Waals surface area contributed by atoms with E-state index in [9.17, 15) is 9.59 Å². The Morgan fingerprint density at radius 2 is 2.25 bits per heavy atom. The van der Waals surface area contributed by atoms with Gasteiger partial charge in [-0.3, -0.25) is 4.79 Å². The number of hydrogen-bond donors (Lipinski definition) is 2. The van der Waals surface area contributed by atoms with E-state index in [1.165, 1.54) is 11.3 Å². The van der Waals surface area contributed by atoms with Crippen molar-refractivity contribution < 1.29 is 0 Å². The molecular formula is C6H5N3O2S. The summed E-state index contributed by atoms with van der Waals surface area (Å²) in [4.78, 5) is 24.6. The lowest BCUT2D eigenvalue weighted by Gasteiger charge is -1.93. The summed E-state index contributed by atoms with van der Waals surface area (Å²) < 4.78 is 1.04. The van der Waals surface area contributed by atoms with Crippen LogP contribution in [0.4, 0.5) is 0 Å². The monoisotopic (exact) mass is 183 g/mol. The molecule has 0 aromatic carbocycles. The fourth-order valence-corrected chi connectivity index (χ4v) is 1.74. The minimum atomic E-state index is -0.592. The highest BCUT2D eigenvalue weighted by Crippen LogP contribution is 2.11. The van der Waals surface area contributed by atoms with Crippen molar-refractivity contribution in [2.45, 2.75) is 0 Å². The maximum absolute atomic E-state index is 11.2. The molecule has 12 heavy (non-hydrogen) atoms. The van der Waals surface area contributed by atoms with Gasteiger partial charge in [-0.25, -0.2) is 4.79 Å². The highest BCUT2D eigenvalue weighted by molar-refractivity contribution is 7.17. The van der Waals surface area contributed by atoms with Gasteiger partial charge < -0.3 is 10.8 Å². The summed E-state index contributed by atoms with van der Waals surface area (Å²) in [6.07, 6.45) is 0. The molecule has 0 aliphatic heterocycles. The second-order valence-corrected chi connectivity index (χ2v) is 3.18. The number of nitrogens with one attached hydrogen (secondary N) is 1. The Balaban J connectivity index is 3.16. The van der Waals surface area contributed by atoms with Gasteiger partial charge in [-0.05, 0) is 11.4 Å². The van der Waals surface area contributed by atoms with Crippen LogP contribution < -0.4 is 17.1 Å². The number of nitrogen functional groups attached to an aromatic ring is 1. The standard InChI is InChI=1S/C6H5N3O2S/c7-9-5(10)4-3(1-2-12-4)8-6(9)11/h1-2H,7H2,(H,8,11). The van der Waals surface area contributed by atoms with Crippen LogP contribution in [-0.4, -0.2) is 9.66 Å². The van der Waals surface area contributed by atoms with Gasteiger partial charge in [-0.15, -0.1) is 11.3 Å². The van der Waals surface area contributed by atoms with Crippen molar-refractivity contribution in [3.8, 4) is 0 Å². The molecule has 0 saturated heterocycles. The minimum absolute atomic E-state index is 0.455. The summed E-state index contributed by atoms with van der Waals surface area (Å²) in [7, 11) is 0. The lowest BCUT2D eigenvalue weighted by Crippen LogP contribution is -2.40. The molecule has 0 unspecified atom stereocenters. The Morgan fingerprint density at radius 1 is 1.50 bits per heavy atom. The van der Waals surface area contributed by atoms with Crippen LogP contribution in [0.25, 0.3) is 10.2 Å². The first-order chi connectivity index (χ1) is 5.70. The van der Waals surface area contributed by atoms with Crippen molar-refractivity contribution in [3.63, 3.8) is 0 Å². The van der Waals surface area contributed by atoms with Gasteiger partial charge in [-0.2, -0.15) is 4.68 Å². The smallest absolute Gasteiger partial charge is 0.332 e. The van der Waals surface area contributed by atoms with E-state index in [4.69, 9.17) is 5.84 Å². The van der Waals surface area contributed by atoms with E-state index < -0.39 is 11.2 Å².